The summed E-state index contributed by atoms with van der Waals surface area (Å²) in [6, 6.07) is 10.7. The number of para-hydroxylation sites is 1. The molecule has 0 radical (unpaired) electrons. The van der Waals surface area contributed by atoms with Crippen LogP contribution in [-0.2, 0) is 6.42 Å². The second-order valence-corrected chi connectivity index (χ2v) is 4.76. The summed E-state index contributed by atoms with van der Waals surface area (Å²) < 4.78 is 29.0. The Morgan fingerprint density at radius 3 is 2.65 bits per heavy atom. The van der Waals surface area contributed by atoms with Crippen LogP contribution < -0.4 is 0 Å². The number of aryl methyl sites for hydroxylation is 1. The van der Waals surface area contributed by atoms with Gasteiger partial charge in [-0.3, -0.25) is 4.57 Å². The number of hydrogen-bond acceptors (Lipinski definition) is 1. The second kappa shape index (κ2) is 5.21. The molecule has 0 fully saturated rings. The lowest BCUT2D eigenvalue weighted by atomic mass is 10.2. The van der Waals surface area contributed by atoms with Crippen LogP contribution in [-0.4, -0.2) is 15.4 Å². The van der Waals surface area contributed by atoms with E-state index >= 15 is 0 Å². The van der Waals surface area contributed by atoms with Crippen LogP contribution in [0, 0.1) is 11.6 Å². The minimum absolute atomic E-state index is 0.355. The van der Waals surface area contributed by atoms with Crippen molar-refractivity contribution in [3.8, 4) is 5.69 Å². The highest BCUT2D eigenvalue weighted by atomic mass is 35.5. The number of halogens is 3. The molecule has 0 spiro atoms. The molecule has 5 heteroatoms. The van der Waals surface area contributed by atoms with E-state index in [1.54, 1.807) is 28.8 Å². The van der Waals surface area contributed by atoms with Gasteiger partial charge in [-0.15, -0.1) is 11.6 Å². The second-order valence-electron chi connectivity index (χ2n) is 4.39. The number of aromatic nitrogens is 2. The van der Waals surface area contributed by atoms with Crippen LogP contribution in [0.2, 0.25) is 0 Å². The minimum Gasteiger partial charge on any atom is -0.293 e. The van der Waals surface area contributed by atoms with Crippen molar-refractivity contribution in [3.05, 3.63) is 59.9 Å². The first kappa shape index (κ1) is 13.1. The molecule has 0 amide bonds. The Hall–Kier alpha value is -1.94. The molecule has 1 aromatic heterocycles. The highest BCUT2D eigenvalue weighted by molar-refractivity contribution is 6.17. The summed E-state index contributed by atoms with van der Waals surface area (Å²) in [4.78, 5) is 4.35. The molecule has 0 aliphatic heterocycles. The Kier molecular flexibility index (Phi) is 3.40. The normalized spacial score (nSPS) is 11.2. The number of rotatable bonds is 3. The summed E-state index contributed by atoms with van der Waals surface area (Å²) in [6.07, 6.45) is 0.478. The van der Waals surface area contributed by atoms with Crippen LogP contribution in [0.3, 0.4) is 0 Å². The molecule has 102 valence electrons. The predicted molar refractivity (Wildman–Crippen MR) is 75.4 cm³/mol. The highest BCUT2D eigenvalue weighted by Gasteiger charge is 2.15. The molecule has 20 heavy (non-hydrogen) atoms. The number of fused-ring (bicyclic) bond motifs is 1. The first-order valence-corrected chi connectivity index (χ1v) is 6.72. The molecule has 0 saturated carbocycles. The van der Waals surface area contributed by atoms with E-state index in [4.69, 9.17) is 11.6 Å². The van der Waals surface area contributed by atoms with E-state index in [0.29, 0.717) is 34.8 Å². The SMILES string of the molecule is Fc1ccc2c(c1)nc(CCCl)n2-c1ccccc1F. The zero-order valence-electron chi connectivity index (χ0n) is 10.5. The van der Waals surface area contributed by atoms with Gasteiger partial charge in [0.15, 0.2) is 0 Å². The van der Waals surface area contributed by atoms with E-state index in [-0.39, 0.29) is 11.6 Å². The van der Waals surface area contributed by atoms with Gasteiger partial charge < -0.3 is 0 Å². The van der Waals surface area contributed by atoms with Gasteiger partial charge in [-0.2, -0.15) is 0 Å². The molecular formula is C15H11ClF2N2. The summed E-state index contributed by atoms with van der Waals surface area (Å²) in [5.41, 5.74) is 1.55. The molecule has 0 aliphatic rings. The van der Waals surface area contributed by atoms with E-state index in [0.717, 1.165) is 0 Å². The van der Waals surface area contributed by atoms with Crippen molar-refractivity contribution in [2.75, 3.05) is 5.88 Å². The van der Waals surface area contributed by atoms with Gasteiger partial charge in [-0.05, 0) is 24.3 Å². The van der Waals surface area contributed by atoms with Crippen LogP contribution in [0.25, 0.3) is 16.7 Å². The highest BCUT2D eigenvalue weighted by Crippen LogP contribution is 2.24. The molecule has 1 heterocycles. The number of nitrogens with zero attached hydrogens (tertiary/aromatic N) is 2. The summed E-state index contributed by atoms with van der Waals surface area (Å²) in [5, 5.41) is 0. The van der Waals surface area contributed by atoms with Crippen LogP contribution in [0.15, 0.2) is 42.5 Å². The fourth-order valence-corrected chi connectivity index (χ4v) is 2.43. The minimum atomic E-state index is -0.367. The fourth-order valence-electron chi connectivity index (χ4n) is 2.26. The van der Waals surface area contributed by atoms with E-state index < -0.39 is 0 Å². The first-order valence-electron chi connectivity index (χ1n) is 6.18. The van der Waals surface area contributed by atoms with E-state index in [9.17, 15) is 8.78 Å². The van der Waals surface area contributed by atoms with E-state index in [1.807, 2.05) is 0 Å². The summed E-state index contributed by atoms with van der Waals surface area (Å²) >= 11 is 5.77. The largest absolute Gasteiger partial charge is 0.293 e. The number of hydrogen-bond donors (Lipinski definition) is 0. The summed E-state index contributed by atoms with van der Waals surface area (Å²) in [6.45, 7) is 0. The Balaban J connectivity index is 2.32. The van der Waals surface area contributed by atoms with Gasteiger partial charge >= 0.3 is 0 Å². The standard InChI is InChI=1S/C15H11ClF2N2/c16-8-7-15-19-12-9-10(17)5-6-14(12)20(15)13-4-2-1-3-11(13)18/h1-6,9H,7-8H2. The van der Waals surface area contributed by atoms with Crippen LogP contribution in [0.4, 0.5) is 8.78 Å². The van der Waals surface area contributed by atoms with Gasteiger partial charge in [0.25, 0.3) is 0 Å². The van der Waals surface area contributed by atoms with Crippen LogP contribution in [0.5, 0.6) is 0 Å². The molecule has 0 atom stereocenters. The molecule has 3 rings (SSSR count). The molecule has 0 saturated heterocycles. The maximum Gasteiger partial charge on any atom is 0.147 e. The molecular weight excluding hydrogens is 282 g/mol. The summed E-state index contributed by atoms with van der Waals surface area (Å²) in [7, 11) is 0. The van der Waals surface area contributed by atoms with Crippen molar-refractivity contribution in [2.45, 2.75) is 6.42 Å². The maximum absolute atomic E-state index is 14.0. The Bertz CT molecular complexity index is 768. The van der Waals surface area contributed by atoms with Gasteiger partial charge in [-0.25, -0.2) is 13.8 Å². The molecule has 2 aromatic carbocycles. The monoisotopic (exact) mass is 292 g/mol. The zero-order valence-corrected chi connectivity index (χ0v) is 11.2. The smallest absolute Gasteiger partial charge is 0.147 e. The van der Waals surface area contributed by atoms with E-state index in [1.165, 1.54) is 18.2 Å². The van der Waals surface area contributed by atoms with E-state index in [2.05, 4.69) is 4.98 Å². The summed E-state index contributed by atoms with van der Waals surface area (Å²) in [5.74, 6) is 0.256. The number of alkyl halides is 1. The van der Waals surface area contributed by atoms with Crippen molar-refractivity contribution in [1.29, 1.82) is 0 Å². The van der Waals surface area contributed by atoms with Crippen LogP contribution >= 0.6 is 11.6 Å². The first-order chi connectivity index (χ1) is 9.70. The third-order valence-corrected chi connectivity index (χ3v) is 3.29. The van der Waals surface area contributed by atoms with Crippen molar-refractivity contribution in [3.63, 3.8) is 0 Å². The fraction of sp³-hybridized carbons (Fsp3) is 0.133. The Morgan fingerprint density at radius 2 is 1.90 bits per heavy atom. The maximum atomic E-state index is 14.0. The van der Waals surface area contributed by atoms with Crippen molar-refractivity contribution in [2.24, 2.45) is 0 Å². The van der Waals surface area contributed by atoms with Crippen molar-refractivity contribution in [1.82, 2.24) is 9.55 Å². The molecule has 3 aromatic rings. The van der Waals surface area contributed by atoms with Crippen LogP contribution in [0.1, 0.15) is 5.82 Å². The average molecular weight is 293 g/mol. The van der Waals surface area contributed by atoms with Crippen molar-refractivity contribution >= 4 is 22.6 Å². The molecule has 2 nitrogen and oxygen atoms in total. The third-order valence-electron chi connectivity index (χ3n) is 3.10. The quantitative estimate of drug-likeness (QED) is 0.665. The molecule has 0 bridgehead atoms. The predicted octanol–water partition coefficient (Wildman–Crippen LogP) is 4.09. The number of benzene rings is 2. The Morgan fingerprint density at radius 1 is 1.10 bits per heavy atom. The van der Waals surface area contributed by atoms with Gasteiger partial charge in [0.05, 0.1) is 16.7 Å². The third kappa shape index (κ3) is 2.16. The van der Waals surface area contributed by atoms with Gasteiger partial charge in [0.2, 0.25) is 0 Å². The van der Waals surface area contributed by atoms with Gasteiger partial charge in [-0.1, -0.05) is 12.1 Å². The van der Waals surface area contributed by atoms with Gasteiger partial charge in [0, 0.05) is 18.4 Å². The topological polar surface area (TPSA) is 17.8 Å². The number of imidazole rings is 1. The molecule has 0 aliphatic carbocycles. The Labute approximate surface area is 119 Å². The van der Waals surface area contributed by atoms with Gasteiger partial charge in [0.1, 0.15) is 17.5 Å². The lowest BCUT2D eigenvalue weighted by molar-refractivity contribution is 0.617. The zero-order chi connectivity index (χ0) is 14.1. The molecule has 0 unspecified atom stereocenters. The average Bonchev–Trinajstić information content (AvgIpc) is 2.77. The molecule has 0 N–H and O–H groups in total. The lowest BCUT2D eigenvalue weighted by Gasteiger charge is -2.09. The van der Waals surface area contributed by atoms with Crippen molar-refractivity contribution < 1.29 is 8.78 Å². The lowest BCUT2D eigenvalue weighted by Crippen LogP contribution is -2.04.